The summed E-state index contributed by atoms with van der Waals surface area (Å²) < 4.78 is 5.07. The molecule has 0 aliphatic heterocycles. The number of para-hydroxylation sites is 2. The molecule has 17 heavy (non-hydrogen) atoms. The van der Waals surface area contributed by atoms with E-state index in [1.165, 1.54) is 0 Å². The molecule has 1 aromatic carbocycles. The third-order valence-corrected chi connectivity index (χ3v) is 2.24. The van der Waals surface area contributed by atoms with Gasteiger partial charge in [0.25, 0.3) is 5.89 Å². The first kappa shape index (κ1) is 9.52. The predicted molar refractivity (Wildman–Crippen MR) is 61.7 cm³/mol. The monoisotopic (exact) mass is 228 g/mol. The molecular weight excluding hydrogens is 220 g/mol. The SMILES string of the molecule is Nc1nnc(-c2nc3ccccc3nc2N)o1. The average Bonchev–Trinajstić information content (AvgIpc) is 2.75. The van der Waals surface area contributed by atoms with Gasteiger partial charge in [-0.3, -0.25) is 0 Å². The summed E-state index contributed by atoms with van der Waals surface area (Å²) in [6, 6.07) is 7.34. The molecule has 3 aromatic rings. The Hall–Kier alpha value is -2.70. The maximum Gasteiger partial charge on any atom is 0.313 e. The second kappa shape index (κ2) is 3.41. The van der Waals surface area contributed by atoms with Gasteiger partial charge in [-0.15, -0.1) is 5.10 Å². The Bertz CT molecular complexity index is 692. The fraction of sp³-hybridized carbons (Fsp3) is 0. The lowest BCUT2D eigenvalue weighted by molar-refractivity contribution is 0.588. The van der Waals surface area contributed by atoms with Gasteiger partial charge in [-0.05, 0) is 12.1 Å². The van der Waals surface area contributed by atoms with Gasteiger partial charge in [0, 0.05) is 0 Å². The van der Waals surface area contributed by atoms with E-state index < -0.39 is 0 Å². The lowest BCUT2D eigenvalue weighted by Crippen LogP contribution is -1.98. The molecule has 3 rings (SSSR count). The molecule has 0 amide bonds. The maximum absolute atomic E-state index is 5.79. The number of anilines is 2. The fourth-order valence-electron chi connectivity index (χ4n) is 1.50. The van der Waals surface area contributed by atoms with Gasteiger partial charge in [-0.25, -0.2) is 9.97 Å². The molecule has 0 saturated heterocycles. The number of benzene rings is 1. The van der Waals surface area contributed by atoms with Gasteiger partial charge in [0.2, 0.25) is 0 Å². The van der Waals surface area contributed by atoms with E-state index >= 15 is 0 Å². The van der Waals surface area contributed by atoms with Gasteiger partial charge >= 0.3 is 6.01 Å². The topological polar surface area (TPSA) is 117 Å². The van der Waals surface area contributed by atoms with Crippen molar-refractivity contribution < 1.29 is 4.42 Å². The smallest absolute Gasteiger partial charge is 0.313 e. The highest BCUT2D eigenvalue weighted by atomic mass is 16.4. The Labute approximate surface area is 95.5 Å². The van der Waals surface area contributed by atoms with Crippen molar-refractivity contribution in [3.8, 4) is 11.6 Å². The van der Waals surface area contributed by atoms with Crippen LogP contribution in [0.1, 0.15) is 0 Å². The van der Waals surface area contributed by atoms with Crippen LogP contribution < -0.4 is 11.5 Å². The molecule has 84 valence electrons. The number of fused-ring (bicyclic) bond motifs is 1. The van der Waals surface area contributed by atoms with Crippen LogP contribution in [-0.4, -0.2) is 20.2 Å². The van der Waals surface area contributed by atoms with E-state index in [0.717, 1.165) is 0 Å². The molecule has 7 nitrogen and oxygen atoms in total. The number of nitrogens with two attached hydrogens (primary N) is 2. The highest BCUT2D eigenvalue weighted by molar-refractivity contribution is 5.80. The van der Waals surface area contributed by atoms with E-state index in [0.29, 0.717) is 16.7 Å². The molecule has 0 unspecified atom stereocenters. The zero-order valence-electron chi connectivity index (χ0n) is 8.66. The van der Waals surface area contributed by atoms with Crippen molar-refractivity contribution in [2.24, 2.45) is 0 Å². The Kier molecular flexibility index (Phi) is 1.91. The van der Waals surface area contributed by atoms with Crippen LogP contribution in [0.4, 0.5) is 11.8 Å². The lowest BCUT2D eigenvalue weighted by Gasteiger charge is -2.01. The fourth-order valence-corrected chi connectivity index (χ4v) is 1.50. The molecule has 0 fully saturated rings. The Balaban J connectivity index is 2.26. The summed E-state index contributed by atoms with van der Waals surface area (Å²) in [5.41, 5.74) is 12.9. The normalized spacial score (nSPS) is 10.8. The number of nitrogens with zero attached hydrogens (tertiary/aromatic N) is 4. The van der Waals surface area contributed by atoms with Gasteiger partial charge < -0.3 is 15.9 Å². The van der Waals surface area contributed by atoms with E-state index in [4.69, 9.17) is 15.9 Å². The summed E-state index contributed by atoms with van der Waals surface area (Å²) in [7, 11) is 0. The third-order valence-electron chi connectivity index (χ3n) is 2.24. The molecule has 0 radical (unpaired) electrons. The molecule has 0 spiro atoms. The number of hydrogen-bond donors (Lipinski definition) is 2. The Morgan fingerprint density at radius 1 is 0.941 bits per heavy atom. The zero-order valence-corrected chi connectivity index (χ0v) is 8.66. The van der Waals surface area contributed by atoms with Crippen LogP contribution in [0.2, 0.25) is 0 Å². The van der Waals surface area contributed by atoms with Gasteiger partial charge in [0.15, 0.2) is 11.5 Å². The van der Waals surface area contributed by atoms with Gasteiger partial charge in [-0.2, -0.15) is 0 Å². The highest BCUT2D eigenvalue weighted by Gasteiger charge is 2.14. The summed E-state index contributed by atoms with van der Waals surface area (Å²) in [5.74, 6) is 0.394. The van der Waals surface area contributed by atoms with Crippen molar-refractivity contribution in [3.63, 3.8) is 0 Å². The second-order valence-electron chi connectivity index (χ2n) is 3.39. The van der Waals surface area contributed by atoms with Crippen LogP contribution in [-0.2, 0) is 0 Å². The number of nitrogen functional groups attached to an aromatic ring is 2. The van der Waals surface area contributed by atoms with Crippen LogP contribution in [0, 0.1) is 0 Å². The molecule has 2 heterocycles. The van der Waals surface area contributed by atoms with Crippen molar-refractivity contribution in [2.75, 3.05) is 11.5 Å². The van der Waals surface area contributed by atoms with Gasteiger partial charge in [-0.1, -0.05) is 17.2 Å². The maximum atomic E-state index is 5.79. The van der Waals surface area contributed by atoms with Crippen LogP contribution in [0.15, 0.2) is 28.7 Å². The molecule has 0 aliphatic carbocycles. The summed E-state index contributed by atoms with van der Waals surface area (Å²) in [6.07, 6.45) is 0. The average molecular weight is 228 g/mol. The van der Waals surface area contributed by atoms with E-state index in [1.54, 1.807) is 0 Å². The first-order valence-electron chi connectivity index (χ1n) is 4.85. The first-order valence-corrected chi connectivity index (χ1v) is 4.85. The van der Waals surface area contributed by atoms with E-state index in [2.05, 4.69) is 20.2 Å². The molecule has 4 N–H and O–H groups in total. The molecule has 0 saturated carbocycles. The highest BCUT2D eigenvalue weighted by Crippen LogP contribution is 2.23. The molecule has 7 heteroatoms. The molecule has 0 bridgehead atoms. The van der Waals surface area contributed by atoms with Crippen LogP contribution >= 0.6 is 0 Å². The molecule has 2 aromatic heterocycles. The van der Waals surface area contributed by atoms with Crippen LogP contribution in [0.3, 0.4) is 0 Å². The van der Waals surface area contributed by atoms with Crippen LogP contribution in [0.25, 0.3) is 22.6 Å². The van der Waals surface area contributed by atoms with Crippen molar-refractivity contribution in [3.05, 3.63) is 24.3 Å². The third kappa shape index (κ3) is 1.53. The first-order chi connectivity index (χ1) is 8.24. The predicted octanol–water partition coefficient (Wildman–Crippen LogP) is 0.844. The molecule has 0 atom stereocenters. The number of aromatic nitrogens is 4. The standard InChI is InChI=1S/C10H8N6O/c11-8-7(9-15-16-10(12)17-9)13-5-3-1-2-4-6(5)14-8/h1-4H,(H2,11,14)(H2,12,16). The van der Waals surface area contributed by atoms with Crippen molar-refractivity contribution in [1.29, 1.82) is 0 Å². The van der Waals surface area contributed by atoms with Gasteiger partial charge in [0.05, 0.1) is 11.0 Å². The largest absolute Gasteiger partial charge is 0.402 e. The minimum Gasteiger partial charge on any atom is -0.402 e. The van der Waals surface area contributed by atoms with E-state index in [9.17, 15) is 0 Å². The Morgan fingerprint density at radius 2 is 1.65 bits per heavy atom. The molecule has 0 aliphatic rings. The van der Waals surface area contributed by atoms with Crippen molar-refractivity contribution in [1.82, 2.24) is 20.2 Å². The Morgan fingerprint density at radius 3 is 2.29 bits per heavy atom. The van der Waals surface area contributed by atoms with Crippen molar-refractivity contribution in [2.45, 2.75) is 0 Å². The van der Waals surface area contributed by atoms with Crippen molar-refractivity contribution >= 4 is 22.9 Å². The second-order valence-corrected chi connectivity index (χ2v) is 3.39. The molecular formula is C10H8N6O. The summed E-state index contributed by atoms with van der Waals surface area (Å²) in [6.45, 7) is 0. The summed E-state index contributed by atoms with van der Waals surface area (Å²) in [5, 5.41) is 7.28. The zero-order chi connectivity index (χ0) is 11.8. The number of rotatable bonds is 1. The quantitative estimate of drug-likeness (QED) is 0.633. The van der Waals surface area contributed by atoms with Crippen LogP contribution in [0.5, 0.6) is 0 Å². The minimum absolute atomic E-state index is 0.0330. The van der Waals surface area contributed by atoms with Gasteiger partial charge in [0.1, 0.15) is 0 Å². The number of hydrogen-bond acceptors (Lipinski definition) is 7. The van der Waals surface area contributed by atoms with E-state index in [1.807, 2.05) is 24.3 Å². The lowest BCUT2D eigenvalue weighted by atomic mass is 10.3. The summed E-state index contributed by atoms with van der Waals surface area (Å²) in [4.78, 5) is 8.53. The summed E-state index contributed by atoms with van der Waals surface area (Å²) >= 11 is 0. The van der Waals surface area contributed by atoms with E-state index in [-0.39, 0.29) is 17.7 Å². The minimum atomic E-state index is -0.0330.